The van der Waals surface area contributed by atoms with E-state index in [0.29, 0.717) is 0 Å². The van der Waals surface area contributed by atoms with Gasteiger partial charge in [0.1, 0.15) is 11.5 Å². The van der Waals surface area contributed by atoms with Crippen molar-refractivity contribution in [2.75, 3.05) is 7.05 Å². The van der Waals surface area contributed by atoms with Gasteiger partial charge in [-0.15, -0.1) is 0 Å². The third kappa shape index (κ3) is 3.00. The van der Waals surface area contributed by atoms with Crippen molar-refractivity contribution < 1.29 is 9.21 Å². The van der Waals surface area contributed by atoms with Gasteiger partial charge in [-0.05, 0) is 38.8 Å². The zero-order valence-corrected chi connectivity index (χ0v) is 12.5. The molecule has 19 heavy (non-hydrogen) atoms. The highest BCUT2D eigenvalue weighted by atomic mass is 16.3. The first-order valence-electron chi connectivity index (χ1n) is 6.89. The smallest absolute Gasteiger partial charge is 0.237 e. The van der Waals surface area contributed by atoms with Crippen molar-refractivity contribution in [3.05, 3.63) is 23.2 Å². The predicted molar refractivity (Wildman–Crippen MR) is 75.0 cm³/mol. The van der Waals surface area contributed by atoms with Gasteiger partial charge < -0.3 is 15.1 Å². The number of carbonyl (C=O) groups excluding carboxylic acids is 1. The Labute approximate surface area is 114 Å². The molecule has 4 nitrogen and oxygen atoms in total. The highest BCUT2D eigenvalue weighted by Crippen LogP contribution is 2.41. The third-order valence-corrected chi connectivity index (χ3v) is 3.88. The molecule has 0 saturated heterocycles. The van der Waals surface area contributed by atoms with Crippen LogP contribution in [0.5, 0.6) is 0 Å². The van der Waals surface area contributed by atoms with Gasteiger partial charge in [0.2, 0.25) is 5.91 Å². The molecule has 0 aliphatic heterocycles. The van der Waals surface area contributed by atoms with Crippen molar-refractivity contribution in [1.29, 1.82) is 0 Å². The van der Waals surface area contributed by atoms with Gasteiger partial charge in [-0.2, -0.15) is 0 Å². The van der Waals surface area contributed by atoms with Crippen molar-refractivity contribution in [2.45, 2.75) is 52.6 Å². The minimum Gasteiger partial charge on any atom is -0.466 e. The summed E-state index contributed by atoms with van der Waals surface area (Å²) in [6.07, 6.45) is 1.88. The number of hydrogen-bond acceptors (Lipinski definition) is 3. The number of nitrogens with one attached hydrogen (secondary N) is 2. The summed E-state index contributed by atoms with van der Waals surface area (Å²) in [6, 6.07) is 1.93. The lowest BCUT2D eigenvalue weighted by Crippen LogP contribution is -2.44. The van der Waals surface area contributed by atoms with E-state index in [9.17, 15) is 4.79 Å². The molecule has 1 aliphatic rings. The maximum absolute atomic E-state index is 12.1. The third-order valence-electron chi connectivity index (χ3n) is 3.88. The van der Waals surface area contributed by atoms with Crippen molar-refractivity contribution in [3.8, 4) is 0 Å². The summed E-state index contributed by atoms with van der Waals surface area (Å²) in [6.45, 7) is 8.26. The highest BCUT2D eigenvalue weighted by Gasteiger charge is 2.35. The van der Waals surface area contributed by atoms with Crippen LogP contribution in [-0.2, 0) is 11.2 Å². The van der Waals surface area contributed by atoms with Gasteiger partial charge in [-0.1, -0.05) is 13.8 Å². The summed E-state index contributed by atoms with van der Waals surface area (Å²) in [4.78, 5) is 12.1. The Bertz CT molecular complexity index is 476. The van der Waals surface area contributed by atoms with E-state index in [1.807, 2.05) is 13.8 Å². The lowest BCUT2D eigenvalue weighted by atomic mass is 9.74. The van der Waals surface area contributed by atoms with Crippen LogP contribution < -0.4 is 10.6 Å². The average molecular weight is 264 g/mol. The lowest BCUT2D eigenvalue weighted by Gasteiger charge is -2.35. The number of aryl methyl sites for hydroxylation is 1. The standard InChI is InChI=1S/C15H24N2O2/c1-9-6-11-12(17-14(18)10(2)16-5)7-15(3,4)8-13(11)19-9/h6,10,12,16H,7-8H2,1-5H3,(H,17,18). The normalized spacial score (nSPS) is 22.7. The van der Waals surface area contributed by atoms with E-state index in [-0.39, 0.29) is 23.4 Å². The molecular formula is C15H24N2O2. The summed E-state index contributed by atoms with van der Waals surface area (Å²) in [5.74, 6) is 1.98. The van der Waals surface area contributed by atoms with E-state index in [1.54, 1.807) is 7.05 Å². The molecule has 0 fully saturated rings. The molecule has 1 aromatic heterocycles. The summed E-state index contributed by atoms with van der Waals surface area (Å²) >= 11 is 0. The van der Waals surface area contributed by atoms with Gasteiger partial charge in [-0.25, -0.2) is 0 Å². The van der Waals surface area contributed by atoms with Crippen LogP contribution in [0.1, 0.15) is 50.3 Å². The fraction of sp³-hybridized carbons (Fsp3) is 0.667. The number of fused-ring (bicyclic) bond motifs is 1. The van der Waals surface area contributed by atoms with Crippen LogP contribution in [0.15, 0.2) is 10.5 Å². The van der Waals surface area contributed by atoms with E-state index in [4.69, 9.17) is 4.42 Å². The summed E-state index contributed by atoms with van der Waals surface area (Å²) in [5, 5.41) is 6.10. The van der Waals surface area contributed by atoms with Crippen LogP contribution in [0.4, 0.5) is 0 Å². The summed E-state index contributed by atoms with van der Waals surface area (Å²) in [5.41, 5.74) is 1.30. The molecule has 0 bridgehead atoms. The number of hydrogen-bond donors (Lipinski definition) is 2. The van der Waals surface area contributed by atoms with E-state index < -0.39 is 0 Å². The maximum atomic E-state index is 12.1. The van der Waals surface area contributed by atoms with Crippen molar-refractivity contribution in [3.63, 3.8) is 0 Å². The molecule has 1 amide bonds. The van der Waals surface area contributed by atoms with Crippen LogP contribution in [0.2, 0.25) is 0 Å². The Hall–Kier alpha value is -1.29. The van der Waals surface area contributed by atoms with E-state index in [2.05, 4.69) is 30.5 Å². The molecule has 2 unspecified atom stereocenters. The fourth-order valence-electron chi connectivity index (χ4n) is 2.74. The number of furan rings is 1. The molecule has 0 spiro atoms. The quantitative estimate of drug-likeness (QED) is 0.881. The number of amides is 1. The van der Waals surface area contributed by atoms with Crippen LogP contribution >= 0.6 is 0 Å². The van der Waals surface area contributed by atoms with Crippen LogP contribution in [0, 0.1) is 12.3 Å². The molecule has 2 rings (SSSR count). The molecule has 2 N–H and O–H groups in total. The topological polar surface area (TPSA) is 54.3 Å². The minimum atomic E-state index is -0.179. The van der Waals surface area contributed by atoms with Crippen LogP contribution in [0.3, 0.4) is 0 Å². The van der Waals surface area contributed by atoms with E-state index in [0.717, 1.165) is 29.9 Å². The molecule has 1 aliphatic carbocycles. The van der Waals surface area contributed by atoms with E-state index in [1.165, 1.54) is 0 Å². The monoisotopic (exact) mass is 264 g/mol. The largest absolute Gasteiger partial charge is 0.466 e. The van der Waals surface area contributed by atoms with Gasteiger partial charge in [-0.3, -0.25) is 4.79 Å². The summed E-state index contributed by atoms with van der Waals surface area (Å²) in [7, 11) is 1.79. The number of likely N-dealkylation sites (N-methyl/N-ethyl adjacent to an activating group) is 1. The Morgan fingerprint density at radius 2 is 2.21 bits per heavy atom. The summed E-state index contributed by atoms with van der Waals surface area (Å²) < 4.78 is 5.77. The Balaban J connectivity index is 2.22. The van der Waals surface area contributed by atoms with Gasteiger partial charge in [0, 0.05) is 12.0 Å². The first-order valence-corrected chi connectivity index (χ1v) is 6.89. The molecule has 1 aromatic rings. The lowest BCUT2D eigenvalue weighted by molar-refractivity contribution is -0.123. The Morgan fingerprint density at radius 1 is 1.53 bits per heavy atom. The van der Waals surface area contributed by atoms with Crippen molar-refractivity contribution in [2.24, 2.45) is 5.41 Å². The average Bonchev–Trinajstić information content (AvgIpc) is 2.66. The Morgan fingerprint density at radius 3 is 2.84 bits per heavy atom. The highest BCUT2D eigenvalue weighted by molar-refractivity contribution is 5.81. The van der Waals surface area contributed by atoms with Gasteiger partial charge in [0.25, 0.3) is 0 Å². The molecule has 0 aromatic carbocycles. The first kappa shape index (κ1) is 14.1. The SMILES string of the molecule is CNC(C)C(=O)NC1CC(C)(C)Cc2oc(C)cc21. The molecule has 1 heterocycles. The Kier molecular flexibility index (Phi) is 3.72. The van der Waals surface area contributed by atoms with Crippen molar-refractivity contribution in [1.82, 2.24) is 10.6 Å². The molecular weight excluding hydrogens is 240 g/mol. The molecule has 4 heteroatoms. The molecule has 0 radical (unpaired) electrons. The fourth-order valence-corrected chi connectivity index (χ4v) is 2.74. The number of rotatable bonds is 3. The number of carbonyl (C=O) groups is 1. The van der Waals surface area contributed by atoms with Crippen molar-refractivity contribution >= 4 is 5.91 Å². The van der Waals surface area contributed by atoms with Crippen LogP contribution in [0.25, 0.3) is 0 Å². The molecule has 106 valence electrons. The predicted octanol–water partition coefficient (Wildman–Crippen LogP) is 2.33. The van der Waals surface area contributed by atoms with E-state index >= 15 is 0 Å². The second-order valence-corrected chi connectivity index (χ2v) is 6.35. The zero-order chi connectivity index (χ0) is 14.2. The molecule has 2 atom stereocenters. The van der Waals surface area contributed by atoms with Gasteiger partial charge >= 0.3 is 0 Å². The first-order chi connectivity index (χ1) is 8.82. The zero-order valence-electron chi connectivity index (χ0n) is 12.5. The van der Waals surface area contributed by atoms with Gasteiger partial charge in [0.15, 0.2) is 0 Å². The molecule has 0 saturated carbocycles. The minimum absolute atomic E-state index is 0.0370. The maximum Gasteiger partial charge on any atom is 0.237 e. The van der Waals surface area contributed by atoms with Gasteiger partial charge in [0.05, 0.1) is 12.1 Å². The second-order valence-electron chi connectivity index (χ2n) is 6.35. The second kappa shape index (κ2) is 5.00. The van der Waals surface area contributed by atoms with Crippen LogP contribution in [-0.4, -0.2) is 19.0 Å².